The number of carbonyl (C=O) groups excluding carboxylic acids is 4. The summed E-state index contributed by atoms with van der Waals surface area (Å²) in [7, 11) is -5.81. The Hall–Kier alpha value is -4.13. The van der Waals surface area contributed by atoms with E-state index in [1.165, 1.54) is 9.80 Å². The van der Waals surface area contributed by atoms with Gasteiger partial charge in [-0.1, -0.05) is 24.3 Å². The molecule has 5 aromatic rings. The first kappa shape index (κ1) is 41.0. The van der Waals surface area contributed by atoms with Gasteiger partial charge >= 0.3 is 17.6 Å². The minimum absolute atomic E-state index is 0.202. The Morgan fingerprint density at radius 3 is 0.965 bits per heavy atom. The molecule has 0 radical (unpaired) electrons. The summed E-state index contributed by atoms with van der Waals surface area (Å²) < 4.78 is 36.0. The predicted molar refractivity (Wildman–Crippen MR) is 223 cm³/mol. The van der Waals surface area contributed by atoms with Crippen molar-refractivity contribution >= 4 is 84.3 Å². The van der Waals surface area contributed by atoms with Crippen molar-refractivity contribution in [3.05, 3.63) is 70.8 Å². The van der Waals surface area contributed by atoms with E-state index in [4.69, 9.17) is 26.6 Å². The summed E-state index contributed by atoms with van der Waals surface area (Å²) in [6.45, 7) is 14.7. The van der Waals surface area contributed by atoms with Gasteiger partial charge in [0, 0.05) is 97.8 Å². The van der Waals surface area contributed by atoms with Crippen LogP contribution in [0.15, 0.2) is 48.5 Å². The maximum absolute atomic E-state index is 14.1. The Labute approximate surface area is 335 Å². The van der Waals surface area contributed by atoms with E-state index in [1.807, 2.05) is 65.8 Å². The molecule has 7 rings (SSSR count). The maximum atomic E-state index is 14.1. The topological polar surface area (TPSA) is 130 Å². The standard InChI is InChI=1S/C43H52N2O10Si2/c1-7-50-56(51-8-2,52-9-3)26-14-13-24-44-40(46)32-20-16-28-30-18-22-34-39-35(23-19-31(37(30)39)29-17-21-33(41(44)47)38(32)36(28)29)43(49)45(42(34)48)25-15-27-57(53-10-4,54-11-5)55-12-6/h16-23H,7-15,24-27H2,1-6H3. The molecule has 2 aliphatic heterocycles. The van der Waals surface area contributed by atoms with E-state index in [-0.39, 0.29) is 36.7 Å². The highest BCUT2D eigenvalue weighted by Crippen LogP contribution is 2.46. The van der Waals surface area contributed by atoms with Crippen LogP contribution in [0.3, 0.4) is 0 Å². The minimum Gasteiger partial charge on any atom is -0.374 e. The van der Waals surface area contributed by atoms with Crippen molar-refractivity contribution in [2.45, 2.75) is 72.9 Å². The number of benzene rings is 5. The summed E-state index contributed by atoms with van der Waals surface area (Å²) in [5.41, 5.74) is 1.89. The van der Waals surface area contributed by atoms with Crippen molar-refractivity contribution in [2.24, 2.45) is 0 Å². The van der Waals surface area contributed by atoms with Crippen LogP contribution in [-0.2, 0) is 26.6 Å². The van der Waals surface area contributed by atoms with Gasteiger partial charge < -0.3 is 26.6 Å². The summed E-state index contributed by atoms with van der Waals surface area (Å²) in [5, 5.41) is 6.31. The highest BCUT2D eigenvalue weighted by atomic mass is 28.4. The molecular weight excluding hydrogens is 761 g/mol. The summed E-state index contributed by atoms with van der Waals surface area (Å²) in [6.07, 6.45) is 1.74. The molecule has 4 amide bonds. The molecule has 12 nitrogen and oxygen atoms in total. The first-order chi connectivity index (χ1) is 27.6. The van der Waals surface area contributed by atoms with Gasteiger partial charge in [-0.3, -0.25) is 29.0 Å². The van der Waals surface area contributed by atoms with Gasteiger partial charge in [0.15, 0.2) is 0 Å². The first-order valence-electron chi connectivity index (χ1n) is 20.4. The van der Waals surface area contributed by atoms with Crippen LogP contribution < -0.4 is 0 Å². The lowest BCUT2D eigenvalue weighted by Gasteiger charge is -2.31. The van der Waals surface area contributed by atoms with E-state index in [2.05, 4.69) is 0 Å². The van der Waals surface area contributed by atoms with E-state index in [0.29, 0.717) is 104 Å². The molecule has 5 aromatic carbocycles. The van der Waals surface area contributed by atoms with E-state index in [0.717, 1.165) is 32.3 Å². The minimum atomic E-state index is -2.96. The molecule has 0 bridgehead atoms. The van der Waals surface area contributed by atoms with Crippen molar-refractivity contribution < 1.29 is 45.7 Å². The van der Waals surface area contributed by atoms with Crippen molar-refractivity contribution in [2.75, 3.05) is 52.7 Å². The Balaban J connectivity index is 1.19. The number of hydrogen-bond acceptors (Lipinski definition) is 10. The van der Waals surface area contributed by atoms with Crippen LogP contribution >= 0.6 is 0 Å². The molecule has 0 aliphatic carbocycles. The van der Waals surface area contributed by atoms with Crippen molar-refractivity contribution in [1.29, 1.82) is 0 Å². The van der Waals surface area contributed by atoms with Gasteiger partial charge in [0.2, 0.25) is 0 Å². The number of fused-ring (bicyclic) bond motifs is 2. The van der Waals surface area contributed by atoms with E-state index in [9.17, 15) is 19.2 Å². The SMILES string of the molecule is CCO[Si](CCCCN1C(=O)c2ccc3c4ccc5c6c(ccc(c7ccc(c2c37)C1=O)c64)C(=O)N(CCC[Si](OCC)(OCC)OCC)C5=O)(OCC)OCC. The zero-order valence-electron chi connectivity index (χ0n) is 33.8. The monoisotopic (exact) mass is 812 g/mol. The van der Waals surface area contributed by atoms with Gasteiger partial charge in [0.05, 0.1) is 0 Å². The molecule has 0 saturated carbocycles. The molecule has 0 spiro atoms. The van der Waals surface area contributed by atoms with Gasteiger partial charge in [-0.25, -0.2) is 0 Å². The molecule has 2 aliphatic rings. The van der Waals surface area contributed by atoms with Gasteiger partial charge in [-0.05, 0) is 117 Å². The van der Waals surface area contributed by atoms with Crippen LogP contribution in [0.4, 0.5) is 0 Å². The zero-order chi connectivity index (χ0) is 40.5. The second-order valence-electron chi connectivity index (χ2n) is 14.2. The molecule has 0 unspecified atom stereocenters. The number of carbonyl (C=O) groups is 4. The number of amides is 4. The van der Waals surface area contributed by atoms with Gasteiger partial charge in [-0.2, -0.15) is 0 Å². The highest BCUT2D eigenvalue weighted by Gasteiger charge is 2.42. The fourth-order valence-corrected chi connectivity index (χ4v) is 14.1. The summed E-state index contributed by atoms with van der Waals surface area (Å²) in [6, 6.07) is 16.0. The summed E-state index contributed by atoms with van der Waals surface area (Å²) in [5.74, 6) is -1.34. The fraction of sp³-hybridized carbons (Fsp3) is 0.442. The molecule has 0 fully saturated rings. The van der Waals surface area contributed by atoms with E-state index < -0.39 is 17.6 Å². The Bertz CT molecular complexity index is 2190. The number of nitrogens with zero attached hydrogens (tertiary/aromatic N) is 2. The number of unbranched alkanes of at least 4 members (excludes halogenated alkanes) is 1. The van der Waals surface area contributed by atoms with Crippen LogP contribution in [0.1, 0.15) is 102 Å². The fourth-order valence-electron chi connectivity index (χ4n) is 8.84. The Kier molecular flexibility index (Phi) is 12.2. The Morgan fingerprint density at radius 2 is 0.667 bits per heavy atom. The predicted octanol–water partition coefficient (Wildman–Crippen LogP) is 8.20. The summed E-state index contributed by atoms with van der Waals surface area (Å²) in [4.78, 5) is 59.1. The number of imide groups is 2. The molecule has 302 valence electrons. The van der Waals surface area contributed by atoms with Crippen molar-refractivity contribution in [1.82, 2.24) is 9.80 Å². The van der Waals surface area contributed by atoms with Crippen molar-refractivity contribution in [3.63, 3.8) is 0 Å². The molecule has 0 saturated heterocycles. The van der Waals surface area contributed by atoms with Crippen LogP contribution in [0.25, 0.3) is 43.1 Å². The smallest absolute Gasteiger partial charge is 0.374 e. The number of hydrogen-bond donors (Lipinski definition) is 0. The quantitative estimate of drug-likeness (QED) is 0.0235. The number of rotatable bonds is 21. The molecule has 14 heteroatoms. The summed E-state index contributed by atoms with van der Waals surface area (Å²) >= 11 is 0. The highest BCUT2D eigenvalue weighted by molar-refractivity contribution is 6.61. The molecule has 0 aromatic heterocycles. The normalized spacial score (nSPS) is 14.8. The van der Waals surface area contributed by atoms with Gasteiger partial charge in [-0.15, -0.1) is 0 Å². The average Bonchev–Trinajstić information content (AvgIpc) is 3.20. The van der Waals surface area contributed by atoms with E-state index in [1.54, 1.807) is 24.3 Å². The lowest BCUT2D eigenvalue weighted by molar-refractivity contribution is 0.0575. The zero-order valence-corrected chi connectivity index (χ0v) is 35.8. The second-order valence-corrected chi connectivity index (χ2v) is 19.7. The average molecular weight is 813 g/mol. The molecule has 0 atom stereocenters. The van der Waals surface area contributed by atoms with Crippen LogP contribution in [0.5, 0.6) is 0 Å². The Morgan fingerprint density at radius 1 is 0.386 bits per heavy atom. The first-order valence-corrected chi connectivity index (χ1v) is 24.3. The third kappa shape index (κ3) is 7.09. The maximum Gasteiger partial charge on any atom is 0.500 e. The van der Waals surface area contributed by atoms with Crippen LogP contribution in [-0.4, -0.2) is 104 Å². The largest absolute Gasteiger partial charge is 0.500 e. The third-order valence-corrected chi connectivity index (χ3v) is 17.3. The van der Waals surface area contributed by atoms with E-state index >= 15 is 0 Å². The van der Waals surface area contributed by atoms with Crippen LogP contribution in [0, 0.1) is 0 Å². The second kappa shape index (κ2) is 17.0. The molecule has 0 N–H and O–H groups in total. The van der Waals surface area contributed by atoms with Crippen molar-refractivity contribution in [3.8, 4) is 0 Å². The molecule has 2 heterocycles. The molecule has 57 heavy (non-hydrogen) atoms. The van der Waals surface area contributed by atoms with Gasteiger partial charge in [0.25, 0.3) is 23.6 Å². The lowest BCUT2D eigenvalue weighted by atomic mass is 9.82. The molecular formula is C43H52N2O10Si2. The van der Waals surface area contributed by atoms with Gasteiger partial charge in [0.1, 0.15) is 0 Å². The third-order valence-electron chi connectivity index (χ3n) is 11.0. The lowest BCUT2D eigenvalue weighted by Crippen LogP contribution is -2.47. The van der Waals surface area contributed by atoms with Crippen LogP contribution in [0.2, 0.25) is 12.1 Å².